The fourth-order valence-corrected chi connectivity index (χ4v) is 4.44. The lowest BCUT2D eigenvalue weighted by atomic mass is 9.89. The second-order valence-electron chi connectivity index (χ2n) is 8.04. The summed E-state index contributed by atoms with van der Waals surface area (Å²) in [7, 11) is 0. The Labute approximate surface area is 198 Å². The first-order chi connectivity index (χ1) is 16.8. The minimum absolute atomic E-state index is 0.0384. The molecule has 0 aliphatic heterocycles. The highest BCUT2D eigenvalue weighted by Gasteiger charge is 2.16. The molecule has 0 saturated carbocycles. The van der Waals surface area contributed by atoms with Gasteiger partial charge in [-0.3, -0.25) is 0 Å². The maximum Gasteiger partial charge on any atom is 0.127 e. The minimum Gasteiger partial charge on any atom is -0.491 e. The highest BCUT2D eigenvalue weighted by molar-refractivity contribution is 6.11. The number of benzene rings is 5. The largest absolute Gasteiger partial charge is 0.491 e. The summed E-state index contributed by atoms with van der Waals surface area (Å²) in [6.45, 7) is 0.406. The predicted molar refractivity (Wildman–Crippen MR) is 137 cm³/mol. The van der Waals surface area contributed by atoms with Crippen molar-refractivity contribution in [1.82, 2.24) is 0 Å². The SMILES string of the molecule is OCCOc1ccccc1-c1ccc(-c2ccccc2OCCO)c2cc3ccccc3cc12. The number of ether oxygens (including phenoxy) is 2. The Kier molecular flexibility index (Phi) is 6.43. The van der Waals surface area contributed by atoms with Crippen molar-refractivity contribution in [3.05, 3.63) is 97.1 Å². The molecule has 0 aliphatic rings. The van der Waals surface area contributed by atoms with Gasteiger partial charge in [-0.15, -0.1) is 0 Å². The third-order valence-corrected chi connectivity index (χ3v) is 5.94. The summed E-state index contributed by atoms with van der Waals surface area (Å²) in [5, 5.41) is 23.1. The van der Waals surface area contributed by atoms with Gasteiger partial charge in [0, 0.05) is 11.1 Å². The number of hydrogen-bond acceptors (Lipinski definition) is 4. The summed E-state index contributed by atoms with van der Waals surface area (Å²) in [4.78, 5) is 0. The molecule has 5 rings (SSSR count). The molecular formula is C30H26O4. The number of aliphatic hydroxyl groups excluding tert-OH is 2. The fourth-order valence-electron chi connectivity index (χ4n) is 4.44. The molecule has 34 heavy (non-hydrogen) atoms. The Hall–Kier alpha value is -3.86. The van der Waals surface area contributed by atoms with Crippen LogP contribution in [0.15, 0.2) is 97.1 Å². The molecule has 4 nitrogen and oxygen atoms in total. The van der Waals surface area contributed by atoms with Crippen LogP contribution in [-0.4, -0.2) is 36.6 Å². The summed E-state index contributed by atoms with van der Waals surface area (Å²) in [6, 6.07) is 32.9. The molecule has 0 fully saturated rings. The molecule has 0 radical (unpaired) electrons. The van der Waals surface area contributed by atoms with E-state index in [0.29, 0.717) is 0 Å². The lowest BCUT2D eigenvalue weighted by Crippen LogP contribution is -2.03. The van der Waals surface area contributed by atoms with Crippen LogP contribution in [-0.2, 0) is 0 Å². The molecule has 5 aromatic rings. The Balaban J connectivity index is 1.78. The van der Waals surface area contributed by atoms with Gasteiger partial charge in [-0.25, -0.2) is 0 Å². The van der Waals surface area contributed by atoms with Crippen molar-refractivity contribution in [2.45, 2.75) is 0 Å². The normalized spacial score (nSPS) is 11.1. The Bertz CT molecular complexity index is 1330. The van der Waals surface area contributed by atoms with Gasteiger partial charge >= 0.3 is 0 Å². The molecule has 0 aromatic heterocycles. The van der Waals surface area contributed by atoms with Crippen LogP contribution < -0.4 is 9.47 Å². The molecule has 0 atom stereocenters. The van der Waals surface area contributed by atoms with E-state index < -0.39 is 0 Å². The van der Waals surface area contributed by atoms with Gasteiger partial charge in [0.1, 0.15) is 24.7 Å². The van der Waals surface area contributed by atoms with E-state index in [2.05, 4.69) is 48.5 Å². The first-order valence-electron chi connectivity index (χ1n) is 11.4. The molecule has 0 heterocycles. The van der Waals surface area contributed by atoms with E-state index in [9.17, 15) is 10.2 Å². The average Bonchev–Trinajstić information content (AvgIpc) is 2.89. The summed E-state index contributed by atoms with van der Waals surface area (Å²) >= 11 is 0. The molecule has 0 saturated heterocycles. The topological polar surface area (TPSA) is 58.9 Å². The van der Waals surface area contributed by atoms with Gasteiger partial charge in [-0.2, -0.15) is 0 Å². The van der Waals surface area contributed by atoms with Gasteiger partial charge in [-0.05, 0) is 56.9 Å². The summed E-state index contributed by atoms with van der Waals surface area (Å²) in [5.41, 5.74) is 4.08. The average molecular weight is 451 g/mol. The first-order valence-corrected chi connectivity index (χ1v) is 11.4. The molecule has 2 N–H and O–H groups in total. The number of rotatable bonds is 8. The molecule has 0 bridgehead atoms. The number of fused-ring (bicyclic) bond motifs is 2. The van der Waals surface area contributed by atoms with E-state index in [1.54, 1.807) is 0 Å². The van der Waals surface area contributed by atoms with E-state index in [1.165, 1.54) is 0 Å². The molecule has 0 amide bonds. The summed E-state index contributed by atoms with van der Waals surface area (Å²) in [6.07, 6.45) is 0. The monoisotopic (exact) mass is 450 g/mol. The Morgan fingerprint density at radius 2 is 0.882 bits per heavy atom. The van der Waals surface area contributed by atoms with Crippen LogP contribution in [0.5, 0.6) is 11.5 Å². The van der Waals surface area contributed by atoms with Gasteiger partial charge in [0.05, 0.1) is 13.2 Å². The van der Waals surface area contributed by atoms with Crippen molar-refractivity contribution in [1.29, 1.82) is 0 Å². The van der Waals surface area contributed by atoms with E-state index in [0.717, 1.165) is 55.3 Å². The molecule has 4 heteroatoms. The summed E-state index contributed by atoms with van der Waals surface area (Å²) in [5.74, 6) is 1.48. The zero-order chi connectivity index (χ0) is 23.3. The van der Waals surface area contributed by atoms with Crippen molar-refractivity contribution in [2.75, 3.05) is 26.4 Å². The van der Waals surface area contributed by atoms with Crippen molar-refractivity contribution in [2.24, 2.45) is 0 Å². The van der Waals surface area contributed by atoms with Crippen LogP contribution in [0.25, 0.3) is 43.8 Å². The van der Waals surface area contributed by atoms with Crippen LogP contribution >= 0.6 is 0 Å². The van der Waals surface area contributed by atoms with E-state index >= 15 is 0 Å². The van der Waals surface area contributed by atoms with Crippen molar-refractivity contribution >= 4 is 21.5 Å². The quantitative estimate of drug-likeness (QED) is 0.282. The van der Waals surface area contributed by atoms with E-state index in [-0.39, 0.29) is 26.4 Å². The first kappa shape index (κ1) is 22.0. The van der Waals surface area contributed by atoms with Gasteiger partial charge in [-0.1, -0.05) is 72.8 Å². The van der Waals surface area contributed by atoms with Crippen molar-refractivity contribution in [3.8, 4) is 33.8 Å². The fraction of sp³-hybridized carbons (Fsp3) is 0.133. The van der Waals surface area contributed by atoms with Crippen LogP contribution in [0, 0.1) is 0 Å². The van der Waals surface area contributed by atoms with Crippen LogP contribution in [0.4, 0.5) is 0 Å². The third-order valence-electron chi connectivity index (χ3n) is 5.94. The van der Waals surface area contributed by atoms with Crippen LogP contribution in [0.1, 0.15) is 0 Å². The van der Waals surface area contributed by atoms with Crippen LogP contribution in [0.2, 0.25) is 0 Å². The number of para-hydroxylation sites is 2. The van der Waals surface area contributed by atoms with Gasteiger partial charge in [0.2, 0.25) is 0 Å². The van der Waals surface area contributed by atoms with Gasteiger partial charge in [0.25, 0.3) is 0 Å². The van der Waals surface area contributed by atoms with Crippen molar-refractivity contribution < 1.29 is 19.7 Å². The zero-order valence-electron chi connectivity index (χ0n) is 18.8. The zero-order valence-corrected chi connectivity index (χ0v) is 18.8. The standard InChI is InChI=1S/C30H26O4/c31-15-17-33-29-11-5-3-9-25(29)23-13-14-24(26-10-4-6-12-30(26)34-18-16-32)28-20-22-8-2-1-7-21(22)19-27(23)28/h1-14,19-20,31-32H,15-18H2. The smallest absolute Gasteiger partial charge is 0.127 e. The maximum absolute atomic E-state index is 9.28. The molecular weight excluding hydrogens is 424 g/mol. The van der Waals surface area contributed by atoms with E-state index in [1.807, 2.05) is 48.5 Å². The van der Waals surface area contributed by atoms with Crippen LogP contribution in [0.3, 0.4) is 0 Å². The van der Waals surface area contributed by atoms with Gasteiger partial charge < -0.3 is 19.7 Å². The summed E-state index contributed by atoms with van der Waals surface area (Å²) < 4.78 is 11.7. The molecule has 0 aliphatic carbocycles. The Morgan fingerprint density at radius 3 is 1.32 bits per heavy atom. The van der Waals surface area contributed by atoms with Crippen molar-refractivity contribution in [3.63, 3.8) is 0 Å². The third kappa shape index (κ3) is 4.21. The lowest BCUT2D eigenvalue weighted by molar-refractivity contribution is 0.202. The second kappa shape index (κ2) is 9.96. The number of aliphatic hydroxyl groups is 2. The van der Waals surface area contributed by atoms with Gasteiger partial charge in [0.15, 0.2) is 0 Å². The molecule has 0 spiro atoms. The highest BCUT2D eigenvalue weighted by Crippen LogP contribution is 2.42. The number of hydrogen-bond donors (Lipinski definition) is 2. The predicted octanol–water partition coefficient (Wildman–Crippen LogP) is 6.07. The molecule has 170 valence electrons. The van der Waals surface area contributed by atoms with E-state index in [4.69, 9.17) is 9.47 Å². The minimum atomic E-state index is -0.0384. The Morgan fingerprint density at radius 1 is 0.471 bits per heavy atom. The highest BCUT2D eigenvalue weighted by atomic mass is 16.5. The lowest BCUT2D eigenvalue weighted by Gasteiger charge is -2.17. The maximum atomic E-state index is 9.28. The second-order valence-corrected chi connectivity index (χ2v) is 8.04. The molecule has 0 unspecified atom stereocenters. The molecule has 5 aromatic carbocycles.